The molecule has 0 radical (unpaired) electrons. The first-order valence-corrected chi connectivity index (χ1v) is 10.5. The van der Waals surface area contributed by atoms with E-state index in [9.17, 15) is 9.00 Å². The third-order valence-electron chi connectivity index (χ3n) is 4.47. The Morgan fingerprint density at radius 2 is 2.25 bits per heavy atom. The van der Waals surface area contributed by atoms with Gasteiger partial charge in [-0.3, -0.25) is 5.10 Å². The molecule has 4 N–H and O–H groups in total. The number of H-pyrrole nitrogens is 1. The highest BCUT2D eigenvalue weighted by atomic mass is 32.2. The minimum absolute atomic E-state index is 0.0295. The number of hydrogen-bond donors (Lipinski definition) is 4. The van der Waals surface area contributed by atoms with Gasteiger partial charge in [0.25, 0.3) is 0 Å². The average Bonchev–Trinajstić information content (AvgIpc) is 3.32. The summed E-state index contributed by atoms with van der Waals surface area (Å²) >= 11 is 0. The van der Waals surface area contributed by atoms with E-state index in [1.807, 2.05) is 38.1 Å². The molecule has 2 aliphatic rings. The second-order valence-electron chi connectivity index (χ2n) is 7.18. The van der Waals surface area contributed by atoms with Crippen LogP contribution in [0.2, 0.25) is 0 Å². The lowest BCUT2D eigenvalue weighted by molar-refractivity contribution is 0.0682. The number of carbonyl (C=O) groups excluding carboxylic acids is 1. The van der Waals surface area contributed by atoms with Gasteiger partial charge in [0.2, 0.25) is 0 Å². The van der Waals surface area contributed by atoms with Crippen LogP contribution in [0.1, 0.15) is 37.6 Å². The fourth-order valence-corrected chi connectivity index (χ4v) is 4.26. The van der Waals surface area contributed by atoms with Crippen LogP contribution >= 0.6 is 0 Å². The van der Waals surface area contributed by atoms with Crippen molar-refractivity contribution in [1.82, 2.24) is 15.5 Å². The molecule has 2 aliphatic heterocycles. The van der Waals surface area contributed by atoms with E-state index in [1.165, 1.54) is 0 Å². The molecule has 1 amide bonds. The number of aromatic nitrogens is 2. The molecule has 0 aliphatic carbocycles. The molecule has 0 spiro atoms. The lowest BCUT2D eigenvalue weighted by atomic mass is 10.1. The number of rotatable bonds is 5. The maximum absolute atomic E-state index is 11.7. The van der Waals surface area contributed by atoms with Crippen LogP contribution in [0.25, 0.3) is 0 Å². The summed E-state index contributed by atoms with van der Waals surface area (Å²) in [6, 6.07) is 7.68. The number of amides is 1. The Balaban J connectivity index is 1.34. The lowest BCUT2D eigenvalue weighted by Crippen LogP contribution is -2.33. The Morgan fingerprint density at radius 1 is 1.39 bits per heavy atom. The van der Waals surface area contributed by atoms with Gasteiger partial charge in [0.15, 0.2) is 5.82 Å². The molecule has 3 heterocycles. The molecule has 2 aromatic rings. The average molecular weight is 405 g/mol. The molecule has 1 aromatic carbocycles. The summed E-state index contributed by atoms with van der Waals surface area (Å²) in [6.45, 7) is 4.11. The Hall–Kier alpha value is -2.59. The number of benzene rings is 1. The van der Waals surface area contributed by atoms with Crippen LogP contribution in [0, 0.1) is 0 Å². The highest BCUT2D eigenvalue weighted by molar-refractivity contribution is 7.86. The van der Waals surface area contributed by atoms with Crippen LogP contribution in [0.15, 0.2) is 24.3 Å². The minimum atomic E-state index is -1.04. The van der Waals surface area contributed by atoms with Gasteiger partial charge in [0.1, 0.15) is 23.2 Å². The van der Waals surface area contributed by atoms with E-state index in [1.54, 1.807) is 0 Å². The van der Waals surface area contributed by atoms with Crippen molar-refractivity contribution in [3.8, 4) is 0 Å². The van der Waals surface area contributed by atoms with Crippen LogP contribution in [0.5, 0.6) is 0 Å². The van der Waals surface area contributed by atoms with Crippen LogP contribution in [0.4, 0.5) is 22.0 Å². The van der Waals surface area contributed by atoms with Crippen molar-refractivity contribution in [2.75, 3.05) is 16.6 Å². The Morgan fingerprint density at radius 3 is 3.07 bits per heavy atom. The number of fused-ring (bicyclic) bond motifs is 1. The normalized spacial score (nSPS) is 23.3. The predicted molar refractivity (Wildman–Crippen MR) is 106 cm³/mol. The molecule has 0 bridgehead atoms. The highest BCUT2D eigenvalue weighted by Gasteiger charge is 2.31. The molecule has 10 heteroatoms. The first-order valence-electron chi connectivity index (χ1n) is 9.15. The van der Waals surface area contributed by atoms with Crippen LogP contribution in [-0.4, -0.2) is 39.3 Å². The van der Waals surface area contributed by atoms with Crippen LogP contribution in [0.3, 0.4) is 0 Å². The molecule has 3 atom stereocenters. The number of aromatic amines is 1. The van der Waals surface area contributed by atoms with Crippen molar-refractivity contribution >= 4 is 34.3 Å². The van der Waals surface area contributed by atoms with E-state index >= 15 is 0 Å². The molecular weight excluding hydrogens is 382 g/mol. The van der Waals surface area contributed by atoms with Gasteiger partial charge in [-0.1, -0.05) is 0 Å². The van der Waals surface area contributed by atoms with E-state index in [4.69, 9.17) is 9.47 Å². The van der Waals surface area contributed by atoms with Gasteiger partial charge in [-0.25, -0.2) is 9.00 Å². The minimum Gasteiger partial charge on any atom is -0.444 e. The zero-order valence-corrected chi connectivity index (χ0v) is 16.5. The van der Waals surface area contributed by atoms with Gasteiger partial charge in [-0.2, -0.15) is 5.10 Å². The summed E-state index contributed by atoms with van der Waals surface area (Å²) in [7, 11) is -1.04. The standard InChI is InChI=1S/C18H23N5O4S/c1-10(2)19-18(24)27-13-6-16(26-8-13)15-7-17(22-21-15)20-12-3-4-14-11(5-12)9-28(25)23-14/h3-5,7,10,13,16,23H,6,8-9H2,1-2H3,(H,19,24)(H2,20,21,22). The molecule has 9 nitrogen and oxygen atoms in total. The maximum Gasteiger partial charge on any atom is 0.407 e. The summed E-state index contributed by atoms with van der Waals surface area (Å²) in [5.74, 6) is 1.16. The number of nitrogens with one attached hydrogen (secondary N) is 4. The molecule has 28 heavy (non-hydrogen) atoms. The topological polar surface area (TPSA) is 117 Å². The van der Waals surface area contributed by atoms with Gasteiger partial charge in [-0.15, -0.1) is 0 Å². The summed E-state index contributed by atoms with van der Waals surface area (Å²) in [5, 5.41) is 13.2. The number of nitrogens with zero attached hydrogens (tertiary/aromatic N) is 1. The molecular formula is C18H23N5O4S. The van der Waals surface area contributed by atoms with Gasteiger partial charge < -0.3 is 24.8 Å². The Bertz CT molecular complexity index is 900. The van der Waals surface area contributed by atoms with E-state index in [2.05, 4.69) is 25.6 Å². The largest absolute Gasteiger partial charge is 0.444 e. The number of ether oxygens (including phenoxy) is 2. The van der Waals surface area contributed by atoms with Crippen LogP contribution < -0.4 is 15.4 Å². The second-order valence-corrected chi connectivity index (χ2v) is 8.37. The molecule has 1 fully saturated rings. The first kappa shape index (κ1) is 18.8. The zero-order valence-electron chi connectivity index (χ0n) is 15.7. The maximum atomic E-state index is 11.7. The smallest absolute Gasteiger partial charge is 0.407 e. The van der Waals surface area contributed by atoms with E-state index < -0.39 is 17.1 Å². The quantitative estimate of drug-likeness (QED) is 0.608. The predicted octanol–water partition coefficient (Wildman–Crippen LogP) is 2.71. The van der Waals surface area contributed by atoms with Crippen molar-refractivity contribution in [3.63, 3.8) is 0 Å². The van der Waals surface area contributed by atoms with Gasteiger partial charge in [0, 0.05) is 24.2 Å². The molecule has 3 unspecified atom stereocenters. The number of hydrogen-bond acceptors (Lipinski definition) is 6. The summed E-state index contributed by atoms with van der Waals surface area (Å²) in [6.07, 6.45) is -0.341. The number of anilines is 3. The number of carbonyl (C=O) groups is 1. The monoisotopic (exact) mass is 405 g/mol. The first-order chi connectivity index (χ1) is 13.5. The summed E-state index contributed by atoms with van der Waals surface area (Å²) in [5.41, 5.74) is 3.61. The van der Waals surface area contributed by atoms with Gasteiger partial charge in [-0.05, 0) is 37.6 Å². The summed E-state index contributed by atoms with van der Waals surface area (Å²) < 4.78 is 25.6. The third-order valence-corrected chi connectivity index (χ3v) is 5.49. The van der Waals surface area contributed by atoms with E-state index in [-0.39, 0.29) is 18.2 Å². The second kappa shape index (κ2) is 7.80. The highest BCUT2D eigenvalue weighted by Crippen LogP contribution is 2.32. The molecule has 150 valence electrons. The van der Waals surface area contributed by atoms with Crippen molar-refractivity contribution in [2.45, 2.75) is 44.3 Å². The van der Waals surface area contributed by atoms with Gasteiger partial charge >= 0.3 is 6.09 Å². The molecule has 4 rings (SSSR count). The van der Waals surface area contributed by atoms with Gasteiger partial charge in [0.05, 0.1) is 23.7 Å². The van der Waals surface area contributed by atoms with E-state index in [0.29, 0.717) is 24.6 Å². The SMILES string of the molecule is CC(C)NC(=O)OC1COC(c2cc(Nc3ccc4c(c3)CS(=O)N4)n[nH]2)C1. The van der Waals surface area contributed by atoms with Crippen molar-refractivity contribution in [1.29, 1.82) is 0 Å². The number of alkyl carbamates (subject to hydrolysis) is 1. The molecule has 1 saturated heterocycles. The van der Waals surface area contributed by atoms with Crippen LogP contribution in [-0.2, 0) is 26.2 Å². The van der Waals surface area contributed by atoms with E-state index in [0.717, 1.165) is 22.6 Å². The fourth-order valence-electron chi connectivity index (χ4n) is 3.22. The summed E-state index contributed by atoms with van der Waals surface area (Å²) in [4.78, 5) is 11.7. The third kappa shape index (κ3) is 4.28. The lowest BCUT2D eigenvalue weighted by Gasteiger charge is -2.13. The molecule has 1 aromatic heterocycles. The Labute approximate surface area is 165 Å². The fraction of sp³-hybridized carbons (Fsp3) is 0.444. The molecule has 0 saturated carbocycles. The Kier molecular flexibility index (Phi) is 5.23. The van der Waals surface area contributed by atoms with Crippen molar-refractivity contribution < 1.29 is 18.5 Å². The van der Waals surface area contributed by atoms with Crippen molar-refractivity contribution in [3.05, 3.63) is 35.5 Å². The zero-order chi connectivity index (χ0) is 19.7. The van der Waals surface area contributed by atoms with Crippen molar-refractivity contribution in [2.24, 2.45) is 0 Å².